The highest BCUT2D eigenvalue weighted by Crippen LogP contribution is 2.20. The van der Waals surface area contributed by atoms with Crippen LogP contribution in [-0.4, -0.2) is 47.6 Å². The highest BCUT2D eigenvalue weighted by molar-refractivity contribution is 8.00. The first-order chi connectivity index (χ1) is 9.97. The number of aliphatic carboxylic acids is 1. The lowest BCUT2D eigenvalue weighted by molar-refractivity contribution is -0.138. The van der Waals surface area contributed by atoms with E-state index in [0.717, 1.165) is 32.4 Å². The molecule has 0 radical (unpaired) electrons. The molecule has 0 aliphatic carbocycles. The standard InChI is InChI=1S/C15H28N2O3S/c1-11(2)7-12(8-15(19)20)9-17-14(18)10-21-13-3-5-16-6-4-13/h11-13,16H,3-10H2,1-2H3,(H,17,18)(H,19,20)/t12-/m0/s1. The number of amides is 1. The van der Waals surface area contributed by atoms with Crippen molar-refractivity contribution in [1.29, 1.82) is 0 Å². The van der Waals surface area contributed by atoms with E-state index in [1.54, 1.807) is 11.8 Å². The Morgan fingerprint density at radius 1 is 1.33 bits per heavy atom. The molecule has 0 aromatic heterocycles. The minimum absolute atomic E-state index is 0.0235. The van der Waals surface area contributed by atoms with E-state index in [1.165, 1.54) is 0 Å². The molecule has 1 heterocycles. The van der Waals surface area contributed by atoms with Gasteiger partial charge in [0.2, 0.25) is 5.91 Å². The third-order valence-corrected chi connectivity index (χ3v) is 4.96. The van der Waals surface area contributed by atoms with Gasteiger partial charge in [0.25, 0.3) is 0 Å². The molecular weight excluding hydrogens is 288 g/mol. The van der Waals surface area contributed by atoms with Crippen LogP contribution < -0.4 is 10.6 Å². The highest BCUT2D eigenvalue weighted by atomic mass is 32.2. The van der Waals surface area contributed by atoms with Crippen LogP contribution in [0.5, 0.6) is 0 Å². The molecule has 0 spiro atoms. The van der Waals surface area contributed by atoms with E-state index >= 15 is 0 Å². The number of piperidine rings is 1. The lowest BCUT2D eigenvalue weighted by Crippen LogP contribution is -2.34. The Kier molecular flexibility index (Phi) is 8.76. The van der Waals surface area contributed by atoms with Gasteiger partial charge in [-0.15, -0.1) is 11.8 Å². The molecule has 3 N–H and O–H groups in total. The zero-order valence-corrected chi connectivity index (χ0v) is 13.9. The van der Waals surface area contributed by atoms with E-state index in [-0.39, 0.29) is 18.2 Å². The zero-order valence-electron chi connectivity index (χ0n) is 13.1. The molecule has 1 amide bonds. The van der Waals surface area contributed by atoms with Crippen molar-refractivity contribution in [3.05, 3.63) is 0 Å². The van der Waals surface area contributed by atoms with Gasteiger partial charge in [-0.3, -0.25) is 9.59 Å². The summed E-state index contributed by atoms with van der Waals surface area (Å²) < 4.78 is 0. The van der Waals surface area contributed by atoms with Crippen LogP contribution in [0.4, 0.5) is 0 Å². The summed E-state index contributed by atoms with van der Waals surface area (Å²) in [6.07, 6.45) is 3.19. The molecule has 1 aliphatic heterocycles. The maximum absolute atomic E-state index is 11.9. The average Bonchev–Trinajstić information content (AvgIpc) is 2.42. The first-order valence-electron chi connectivity index (χ1n) is 7.78. The number of hydrogen-bond acceptors (Lipinski definition) is 4. The number of thioether (sulfide) groups is 1. The summed E-state index contributed by atoms with van der Waals surface area (Å²) in [4.78, 5) is 22.7. The third kappa shape index (κ3) is 8.98. The summed E-state index contributed by atoms with van der Waals surface area (Å²) in [5, 5.41) is 15.7. The normalized spacial score (nSPS) is 17.7. The molecule has 0 aromatic rings. The van der Waals surface area contributed by atoms with Crippen molar-refractivity contribution in [1.82, 2.24) is 10.6 Å². The number of carbonyl (C=O) groups excluding carboxylic acids is 1. The minimum Gasteiger partial charge on any atom is -0.481 e. The van der Waals surface area contributed by atoms with Crippen molar-refractivity contribution in [3.8, 4) is 0 Å². The Hall–Kier alpha value is -0.750. The van der Waals surface area contributed by atoms with Crippen molar-refractivity contribution < 1.29 is 14.7 Å². The van der Waals surface area contributed by atoms with E-state index in [9.17, 15) is 9.59 Å². The molecule has 1 aliphatic rings. The van der Waals surface area contributed by atoms with Crippen LogP contribution in [0.2, 0.25) is 0 Å². The molecule has 1 rings (SSSR count). The van der Waals surface area contributed by atoms with Gasteiger partial charge < -0.3 is 15.7 Å². The van der Waals surface area contributed by atoms with Crippen molar-refractivity contribution in [2.24, 2.45) is 11.8 Å². The molecular formula is C15H28N2O3S. The van der Waals surface area contributed by atoms with Gasteiger partial charge in [-0.05, 0) is 44.2 Å². The Balaban J connectivity index is 2.23. The van der Waals surface area contributed by atoms with E-state index in [2.05, 4.69) is 24.5 Å². The summed E-state index contributed by atoms with van der Waals surface area (Å²) in [6, 6.07) is 0. The quantitative estimate of drug-likeness (QED) is 0.604. The van der Waals surface area contributed by atoms with Crippen molar-refractivity contribution in [2.75, 3.05) is 25.4 Å². The number of carbonyl (C=O) groups is 2. The van der Waals surface area contributed by atoms with Crippen LogP contribution in [-0.2, 0) is 9.59 Å². The third-order valence-electron chi connectivity index (χ3n) is 3.59. The van der Waals surface area contributed by atoms with Crippen molar-refractivity contribution in [2.45, 2.75) is 44.8 Å². The molecule has 0 bridgehead atoms. The number of carboxylic acids is 1. The molecule has 0 unspecified atom stereocenters. The van der Waals surface area contributed by atoms with Gasteiger partial charge in [-0.2, -0.15) is 0 Å². The average molecular weight is 316 g/mol. The second-order valence-electron chi connectivity index (χ2n) is 6.16. The fourth-order valence-corrected chi connectivity index (χ4v) is 3.68. The van der Waals surface area contributed by atoms with E-state index in [0.29, 0.717) is 23.5 Å². The van der Waals surface area contributed by atoms with E-state index < -0.39 is 5.97 Å². The van der Waals surface area contributed by atoms with Gasteiger partial charge in [-0.25, -0.2) is 0 Å². The Morgan fingerprint density at radius 3 is 2.57 bits per heavy atom. The number of rotatable bonds is 9. The Bertz CT molecular complexity index is 331. The number of nitrogens with one attached hydrogen (secondary N) is 2. The Morgan fingerprint density at radius 2 is 2.00 bits per heavy atom. The van der Waals surface area contributed by atoms with Crippen molar-refractivity contribution >= 4 is 23.6 Å². The summed E-state index contributed by atoms with van der Waals surface area (Å²) in [6.45, 7) is 6.69. The fraction of sp³-hybridized carbons (Fsp3) is 0.867. The molecule has 1 atom stereocenters. The fourth-order valence-electron chi connectivity index (χ4n) is 2.62. The lowest BCUT2D eigenvalue weighted by atomic mass is 9.94. The molecule has 21 heavy (non-hydrogen) atoms. The lowest BCUT2D eigenvalue weighted by Gasteiger charge is -2.22. The van der Waals surface area contributed by atoms with Gasteiger partial charge in [0, 0.05) is 18.2 Å². The maximum atomic E-state index is 11.9. The second-order valence-corrected chi connectivity index (χ2v) is 7.45. The molecule has 1 saturated heterocycles. The molecule has 122 valence electrons. The SMILES string of the molecule is CC(C)C[C@H](CNC(=O)CSC1CCNCC1)CC(=O)O. The van der Waals surface area contributed by atoms with Crippen LogP contribution in [0.15, 0.2) is 0 Å². The van der Waals surface area contributed by atoms with Crippen LogP contribution >= 0.6 is 11.8 Å². The summed E-state index contributed by atoms with van der Waals surface area (Å²) in [5.74, 6) is 0.175. The van der Waals surface area contributed by atoms with Crippen LogP contribution in [0.1, 0.15) is 39.5 Å². The van der Waals surface area contributed by atoms with Crippen LogP contribution in [0.3, 0.4) is 0 Å². The molecule has 0 aromatic carbocycles. The van der Waals surface area contributed by atoms with Gasteiger partial charge >= 0.3 is 5.97 Å². The summed E-state index contributed by atoms with van der Waals surface area (Å²) >= 11 is 1.72. The largest absolute Gasteiger partial charge is 0.481 e. The number of hydrogen-bond donors (Lipinski definition) is 3. The van der Waals surface area contributed by atoms with Gasteiger partial charge in [0.15, 0.2) is 0 Å². The molecule has 1 fully saturated rings. The topological polar surface area (TPSA) is 78.4 Å². The van der Waals surface area contributed by atoms with Crippen LogP contribution in [0.25, 0.3) is 0 Å². The van der Waals surface area contributed by atoms with Crippen molar-refractivity contribution in [3.63, 3.8) is 0 Å². The van der Waals surface area contributed by atoms with E-state index in [1.807, 2.05) is 0 Å². The first-order valence-corrected chi connectivity index (χ1v) is 8.83. The van der Waals surface area contributed by atoms with E-state index in [4.69, 9.17) is 5.11 Å². The predicted octanol–water partition coefficient (Wildman–Crippen LogP) is 1.72. The minimum atomic E-state index is -0.793. The second kappa shape index (κ2) is 10.1. The zero-order chi connectivity index (χ0) is 15.7. The van der Waals surface area contributed by atoms with Gasteiger partial charge in [-0.1, -0.05) is 13.8 Å². The van der Waals surface area contributed by atoms with Crippen LogP contribution in [0, 0.1) is 11.8 Å². The predicted molar refractivity (Wildman–Crippen MR) is 86.6 cm³/mol. The maximum Gasteiger partial charge on any atom is 0.303 e. The number of carboxylic acid groups (broad SMARTS) is 1. The summed E-state index contributed by atoms with van der Waals surface area (Å²) in [7, 11) is 0. The molecule has 5 nitrogen and oxygen atoms in total. The summed E-state index contributed by atoms with van der Waals surface area (Å²) in [5.41, 5.74) is 0. The first kappa shape index (κ1) is 18.3. The Labute approximate surface area is 131 Å². The monoisotopic (exact) mass is 316 g/mol. The smallest absolute Gasteiger partial charge is 0.303 e. The van der Waals surface area contributed by atoms with Gasteiger partial charge in [0.05, 0.1) is 5.75 Å². The van der Waals surface area contributed by atoms with Gasteiger partial charge in [0.1, 0.15) is 0 Å². The highest BCUT2D eigenvalue weighted by Gasteiger charge is 2.18. The molecule has 6 heteroatoms. The molecule has 0 saturated carbocycles.